The fourth-order valence-electron chi connectivity index (χ4n) is 1.85. The van der Waals surface area contributed by atoms with Gasteiger partial charge in [-0.25, -0.2) is 0 Å². The predicted octanol–water partition coefficient (Wildman–Crippen LogP) is 4.15. The zero-order chi connectivity index (χ0) is 13.1. The van der Waals surface area contributed by atoms with E-state index in [1.807, 2.05) is 50.2 Å². The van der Waals surface area contributed by atoms with E-state index in [9.17, 15) is 5.11 Å². The number of aliphatic hydroxyl groups is 1. The number of rotatable bonds is 3. The maximum Gasteiger partial charge on any atom is 0.133 e. The van der Waals surface area contributed by atoms with Gasteiger partial charge in [-0.1, -0.05) is 30.3 Å². The third kappa shape index (κ3) is 2.71. The standard InChI is InChI=1S/C16H18O2/c1-11-8-9-12(2)16(10-11)18-15-7-5-4-6-14(15)13(3)17/h4-10,13,17H,1-3H3/t13-/m0/s1. The molecule has 0 saturated carbocycles. The third-order valence-electron chi connectivity index (χ3n) is 2.93. The lowest BCUT2D eigenvalue weighted by molar-refractivity contribution is 0.195. The quantitative estimate of drug-likeness (QED) is 0.876. The molecule has 0 radical (unpaired) electrons. The van der Waals surface area contributed by atoms with Crippen LogP contribution in [-0.4, -0.2) is 5.11 Å². The highest BCUT2D eigenvalue weighted by atomic mass is 16.5. The normalized spacial score (nSPS) is 12.2. The fourth-order valence-corrected chi connectivity index (χ4v) is 1.85. The van der Waals surface area contributed by atoms with E-state index in [0.29, 0.717) is 5.75 Å². The van der Waals surface area contributed by atoms with Gasteiger partial charge in [0.1, 0.15) is 11.5 Å². The lowest BCUT2D eigenvalue weighted by Gasteiger charge is -2.14. The predicted molar refractivity (Wildman–Crippen MR) is 73.1 cm³/mol. The lowest BCUT2D eigenvalue weighted by Crippen LogP contribution is -1.96. The molecule has 0 amide bonds. The van der Waals surface area contributed by atoms with Crippen molar-refractivity contribution in [2.75, 3.05) is 0 Å². The van der Waals surface area contributed by atoms with Crippen molar-refractivity contribution >= 4 is 0 Å². The Morgan fingerprint density at radius 3 is 2.44 bits per heavy atom. The van der Waals surface area contributed by atoms with Gasteiger partial charge in [-0.15, -0.1) is 0 Å². The van der Waals surface area contributed by atoms with Crippen LogP contribution in [0.3, 0.4) is 0 Å². The Morgan fingerprint density at radius 2 is 1.72 bits per heavy atom. The molecule has 2 nitrogen and oxygen atoms in total. The van der Waals surface area contributed by atoms with Gasteiger partial charge in [0.2, 0.25) is 0 Å². The topological polar surface area (TPSA) is 29.5 Å². The summed E-state index contributed by atoms with van der Waals surface area (Å²) in [5.41, 5.74) is 3.05. The first kappa shape index (κ1) is 12.7. The number of para-hydroxylation sites is 1. The highest BCUT2D eigenvalue weighted by Gasteiger charge is 2.10. The number of benzene rings is 2. The molecule has 2 aromatic carbocycles. The van der Waals surface area contributed by atoms with Gasteiger partial charge in [0.05, 0.1) is 6.10 Å². The molecule has 0 fully saturated rings. The molecule has 0 aliphatic carbocycles. The Bertz CT molecular complexity index is 545. The zero-order valence-corrected chi connectivity index (χ0v) is 11.0. The van der Waals surface area contributed by atoms with Crippen LogP contribution in [-0.2, 0) is 0 Å². The first-order valence-electron chi connectivity index (χ1n) is 6.10. The van der Waals surface area contributed by atoms with Gasteiger partial charge in [0.15, 0.2) is 0 Å². The molecule has 0 heterocycles. The van der Waals surface area contributed by atoms with Crippen LogP contribution in [0, 0.1) is 13.8 Å². The van der Waals surface area contributed by atoms with Gasteiger partial charge in [-0.05, 0) is 44.0 Å². The molecule has 94 valence electrons. The average molecular weight is 242 g/mol. The Hall–Kier alpha value is -1.80. The van der Waals surface area contributed by atoms with Crippen LogP contribution >= 0.6 is 0 Å². The summed E-state index contributed by atoms with van der Waals surface area (Å²) < 4.78 is 5.92. The zero-order valence-electron chi connectivity index (χ0n) is 11.0. The Morgan fingerprint density at radius 1 is 1.00 bits per heavy atom. The lowest BCUT2D eigenvalue weighted by atomic mass is 10.1. The summed E-state index contributed by atoms with van der Waals surface area (Å²) in [5.74, 6) is 1.55. The van der Waals surface area contributed by atoms with Gasteiger partial charge >= 0.3 is 0 Å². The van der Waals surface area contributed by atoms with Crippen LogP contribution in [0.2, 0.25) is 0 Å². The van der Waals surface area contributed by atoms with Crippen molar-refractivity contribution in [3.8, 4) is 11.5 Å². The summed E-state index contributed by atoms with van der Waals surface area (Å²) >= 11 is 0. The van der Waals surface area contributed by atoms with Crippen molar-refractivity contribution in [2.24, 2.45) is 0 Å². The monoisotopic (exact) mass is 242 g/mol. The third-order valence-corrected chi connectivity index (χ3v) is 2.93. The molecule has 1 N–H and O–H groups in total. The van der Waals surface area contributed by atoms with Crippen molar-refractivity contribution in [2.45, 2.75) is 26.9 Å². The van der Waals surface area contributed by atoms with Crippen LogP contribution in [0.25, 0.3) is 0 Å². The van der Waals surface area contributed by atoms with E-state index in [2.05, 4.69) is 6.07 Å². The van der Waals surface area contributed by atoms with Crippen LogP contribution in [0.1, 0.15) is 29.7 Å². The summed E-state index contributed by atoms with van der Waals surface area (Å²) in [7, 11) is 0. The molecule has 18 heavy (non-hydrogen) atoms. The molecule has 2 aromatic rings. The van der Waals surface area contributed by atoms with Gasteiger partial charge < -0.3 is 9.84 Å². The molecule has 0 unspecified atom stereocenters. The minimum Gasteiger partial charge on any atom is -0.457 e. The highest BCUT2D eigenvalue weighted by Crippen LogP contribution is 2.31. The van der Waals surface area contributed by atoms with Crippen LogP contribution in [0.15, 0.2) is 42.5 Å². The Balaban J connectivity index is 2.37. The van der Waals surface area contributed by atoms with E-state index in [4.69, 9.17) is 4.74 Å². The Labute approximate surface area is 108 Å². The molecule has 0 aromatic heterocycles. The number of aryl methyl sites for hydroxylation is 2. The van der Waals surface area contributed by atoms with E-state index in [0.717, 1.165) is 22.4 Å². The SMILES string of the molecule is Cc1ccc(C)c(Oc2ccccc2[C@H](C)O)c1. The van der Waals surface area contributed by atoms with Crippen LogP contribution in [0.5, 0.6) is 11.5 Å². The van der Waals surface area contributed by atoms with Gasteiger partial charge in [-0.2, -0.15) is 0 Å². The molecule has 1 atom stereocenters. The maximum absolute atomic E-state index is 9.73. The first-order valence-corrected chi connectivity index (χ1v) is 6.10. The summed E-state index contributed by atoms with van der Waals surface area (Å²) in [6.07, 6.45) is -0.536. The van der Waals surface area contributed by atoms with Gasteiger partial charge in [0.25, 0.3) is 0 Å². The van der Waals surface area contributed by atoms with E-state index in [1.54, 1.807) is 6.92 Å². The number of ether oxygens (including phenoxy) is 1. The molecular formula is C16H18O2. The van der Waals surface area contributed by atoms with Crippen molar-refractivity contribution in [1.82, 2.24) is 0 Å². The molecule has 2 rings (SSSR count). The van der Waals surface area contributed by atoms with Gasteiger partial charge in [0, 0.05) is 5.56 Å². The van der Waals surface area contributed by atoms with E-state index in [-0.39, 0.29) is 0 Å². The van der Waals surface area contributed by atoms with Crippen LogP contribution in [0.4, 0.5) is 0 Å². The summed E-state index contributed by atoms with van der Waals surface area (Å²) in [4.78, 5) is 0. The number of hydrogen-bond donors (Lipinski definition) is 1. The van der Waals surface area contributed by atoms with Crippen LogP contribution < -0.4 is 4.74 Å². The first-order chi connectivity index (χ1) is 8.58. The molecule has 0 saturated heterocycles. The summed E-state index contributed by atoms with van der Waals surface area (Å²) in [5, 5.41) is 9.73. The largest absolute Gasteiger partial charge is 0.457 e. The van der Waals surface area contributed by atoms with Crippen molar-refractivity contribution in [3.05, 3.63) is 59.2 Å². The second-order valence-corrected chi connectivity index (χ2v) is 4.58. The molecule has 0 bridgehead atoms. The summed E-state index contributed by atoms with van der Waals surface area (Å²) in [6, 6.07) is 13.7. The molecule has 2 heteroatoms. The smallest absolute Gasteiger partial charge is 0.133 e. The maximum atomic E-state index is 9.73. The number of aliphatic hydroxyl groups excluding tert-OH is 1. The minimum atomic E-state index is -0.536. The minimum absolute atomic E-state index is 0.536. The Kier molecular flexibility index (Phi) is 3.68. The van der Waals surface area contributed by atoms with Crippen molar-refractivity contribution in [1.29, 1.82) is 0 Å². The van der Waals surface area contributed by atoms with E-state index < -0.39 is 6.10 Å². The van der Waals surface area contributed by atoms with E-state index >= 15 is 0 Å². The average Bonchev–Trinajstić information content (AvgIpc) is 2.34. The summed E-state index contributed by atoms with van der Waals surface area (Å²) in [6.45, 7) is 5.79. The fraction of sp³-hybridized carbons (Fsp3) is 0.250. The second kappa shape index (κ2) is 5.23. The van der Waals surface area contributed by atoms with Gasteiger partial charge in [-0.3, -0.25) is 0 Å². The van der Waals surface area contributed by atoms with Crippen molar-refractivity contribution in [3.63, 3.8) is 0 Å². The number of hydrogen-bond acceptors (Lipinski definition) is 2. The molecule has 0 aliphatic heterocycles. The van der Waals surface area contributed by atoms with E-state index in [1.165, 1.54) is 0 Å². The highest BCUT2D eigenvalue weighted by molar-refractivity contribution is 5.43. The molecular weight excluding hydrogens is 224 g/mol. The molecule has 0 aliphatic rings. The van der Waals surface area contributed by atoms with Crippen molar-refractivity contribution < 1.29 is 9.84 Å². The second-order valence-electron chi connectivity index (χ2n) is 4.58. The molecule has 0 spiro atoms.